The van der Waals surface area contributed by atoms with Crippen molar-refractivity contribution < 1.29 is 4.39 Å². The second-order valence-corrected chi connectivity index (χ2v) is 3.88. The summed E-state index contributed by atoms with van der Waals surface area (Å²) in [5, 5.41) is 3.11. The van der Waals surface area contributed by atoms with E-state index in [9.17, 15) is 4.39 Å². The van der Waals surface area contributed by atoms with Crippen LogP contribution in [0.1, 0.15) is 5.56 Å². The van der Waals surface area contributed by atoms with Crippen LogP contribution in [0.3, 0.4) is 0 Å². The lowest BCUT2D eigenvalue weighted by atomic mass is 10.1. The summed E-state index contributed by atoms with van der Waals surface area (Å²) in [6.07, 6.45) is 0.741. The molecule has 1 aromatic carbocycles. The molecular formula is C10H10FNS. The van der Waals surface area contributed by atoms with Crippen LogP contribution in [-0.2, 0) is 6.42 Å². The van der Waals surface area contributed by atoms with Crippen LogP contribution in [-0.4, -0.2) is 6.54 Å². The zero-order valence-electron chi connectivity index (χ0n) is 7.09. The normalized spacial score (nSPS) is 10.9. The zero-order valence-corrected chi connectivity index (χ0v) is 7.90. The van der Waals surface area contributed by atoms with E-state index in [0.717, 1.165) is 22.1 Å². The molecule has 0 amide bonds. The van der Waals surface area contributed by atoms with Crippen molar-refractivity contribution in [3.8, 4) is 0 Å². The Morgan fingerprint density at radius 1 is 1.38 bits per heavy atom. The highest BCUT2D eigenvalue weighted by Crippen LogP contribution is 2.25. The van der Waals surface area contributed by atoms with Gasteiger partial charge in [0.05, 0.1) is 0 Å². The van der Waals surface area contributed by atoms with E-state index >= 15 is 0 Å². The number of fused-ring (bicyclic) bond motifs is 1. The summed E-state index contributed by atoms with van der Waals surface area (Å²) in [5.41, 5.74) is 6.46. The first-order valence-corrected chi connectivity index (χ1v) is 5.05. The molecule has 0 atom stereocenters. The van der Waals surface area contributed by atoms with Gasteiger partial charge in [0.15, 0.2) is 0 Å². The van der Waals surface area contributed by atoms with Crippen molar-refractivity contribution >= 4 is 21.4 Å². The van der Waals surface area contributed by atoms with Gasteiger partial charge in [-0.15, -0.1) is 11.3 Å². The van der Waals surface area contributed by atoms with Crippen LogP contribution in [0.2, 0.25) is 0 Å². The predicted molar refractivity (Wildman–Crippen MR) is 54.5 cm³/mol. The first-order chi connectivity index (χ1) is 6.31. The summed E-state index contributed by atoms with van der Waals surface area (Å²) in [5.74, 6) is -0.168. The zero-order chi connectivity index (χ0) is 9.26. The van der Waals surface area contributed by atoms with Gasteiger partial charge in [-0.2, -0.15) is 0 Å². The average Bonchev–Trinajstić information content (AvgIpc) is 2.52. The molecular weight excluding hydrogens is 185 g/mol. The molecule has 1 nitrogen and oxygen atoms in total. The highest BCUT2D eigenvalue weighted by Gasteiger charge is 2.03. The van der Waals surface area contributed by atoms with Crippen molar-refractivity contribution in [2.45, 2.75) is 6.42 Å². The minimum absolute atomic E-state index is 0.168. The summed E-state index contributed by atoms with van der Waals surface area (Å²) >= 11 is 1.56. The smallest absolute Gasteiger partial charge is 0.124 e. The van der Waals surface area contributed by atoms with E-state index in [0.29, 0.717) is 6.54 Å². The van der Waals surface area contributed by atoms with E-state index in [2.05, 4.69) is 0 Å². The Hall–Kier alpha value is -0.930. The van der Waals surface area contributed by atoms with Crippen LogP contribution in [0, 0.1) is 5.82 Å². The van der Waals surface area contributed by atoms with Crippen LogP contribution in [0.25, 0.3) is 10.1 Å². The van der Waals surface area contributed by atoms with Gasteiger partial charge in [-0.05, 0) is 47.5 Å². The third-order valence-corrected chi connectivity index (χ3v) is 2.90. The fourth-order valence-electron chi connectivity index (χ4n) is 1.47. The third-order valence-electron chi connectivity index (χ3n) is 2.04. The van der Waals surface area contributed by atoms with Crippen molar-refractivity contribution in [1.82, 2.24) is 0 Å². The van der Waals surface area contributed by atoms with Crippen LogP contribution in [0.4, 0.5) is 4.39 Å². The van der Waals surface area contributed by atoms with E-state index < -0.39 is 0 Å². The molecule has 1 aromatic heterocycles. The second kappa shape index (κ2) is 3.44. The Morgan fingerprint density at radius 3 is 3.00 bits per heavy atom. The van der Waals surface area contributed by atoms with Crippen LogP contribution >= 0.6 is 11.3 Å². The van der Waals surface area contributed by atoms with E-state index in [-0.39, 0.29) is 5.82 Å². The quantitative estimate of drug-likeness (QED) is 0.783. The van der Waals surface area contributed by atoms with E-state index in [1.54, 1.807) is 23.5 Å². The minimum atomic E-state index is -0.168. The molecule has 0 unspecified atom stereocenters. The monoisotopic (exact) mass is 195 g/mol. The number of nitrogens with two attached hydrogens (primary N) is 1. The number of hydrogen-bond acceptors (Lipinski definition) is 2. The van der Waals surface area contributed by atoms with Crippen molar-refractivity contribution in [3.63, 3.8) is 0 Å². The Kier molecular flexibility index (Phi) is 2.29. The summed E-state index contributed by atoms with van der Waals surface area (Å²) in [6.45, 7) is 0.564. The number of benzene rings is 1. The van der Waals surface area contributed by atoms with Gasteiger partial charge in [0.25, 0.3) is 0 Å². The number of rotatable bonds is 2. The molecule has 3 heteroatoms. The molecule has 0 spiro atoms. The van der Waals surface area contributed by atoms with Crippen LogP contribution < -0.4 is 5.73 Å². The van der Waals surface area contributed by atoms with E-state index in [1.165, 1.54) is 0 Å². The lowest BCUT2D eigenvalue weighted by Crippen LogP contribution is -2.03. The first-order valence-electron chi connectivity index (χ1n) is 4.17. The average molecular weight is 195 g/mol. The number of hydrogen-bond donors (Lipinski definition) is 1. The van der Waals surface area contributed by atoms with Gasteiger partial charge in [-0.1, -0.05) is 0 Å². The summed E-state index contributed by atoms with van der Waals surface area (Å²) in [6, 6.07) is 5.16. The Labute approximate surface area is 80.0 Å². The van der Waals surface area contributed by atoms with Gasteiger partial charge in [0.2, 0.25) is 0 Å². The predicted octanol–water partition coefficient (Wildman–Crippen LogP) is 2.54. The molecule has 2 N–H and O–H groups in total. The standard InChI is InChI=1S/C10H10FNS/c11-8-5-7(1-3-12)9-2-4-13-10(9)6-8/h2,4-6H,1,3,12H2. The van der Waals surface area contributed by atoms with Crippen molar-refractivity contribution in [3.05, 3.63) is 35.0 Å². The molecule has 0 saturated heterocycles. The summed E-state index contributed by atoms with van der Waals surface area (Å²) < 4.78 is 14.1. The molecule has 0 bridgehead atoms. The molecule has 2 aromatic rings. The third kappa shape index (κ3) is 1.57. The summed E-state index contributed by atoms with van der Waals surface area (Å²) in [4.78, 5) is 0. The van der Waals surface area contributed by atoms with E-state index in [4.69, 9.17) is 5.73 Å². The Balaban J connectivity index is 2.63. The fraction of sp³-hybridized carbons (Fsp3) is 0.200. The largest absolute Gasteiger partial charge is 0.330 e. The highest BCUT2D eigenvalue weighted by atomic mass is 32.1. The van der Waals surface area contributed by atoms with Gasteiger partial charge in [-0.25, -0.2) is 4.39 Å². The molecule has 0 aliphatic carbocycles. The van der Waals surface area contributed by atoms with Crippen molar-refractivity contribution in [2.24, 2.45) is 5.73 Å². The van der Waals surface area contributed by atoms with Gasteiger partial charge in [0.1, 0.15) is 5.82 Å². The van der Waals surface area contributed by atoms with Gasteiger partial charge in [0, 0.05) is 4.70 Å². The highest BCUT2D eigenvalue weighted by molar-refractivity contribution is 7.17. The molecule has 2 rings (SSSR count). The molecule has 68 valence electrons. The molecule has 13 heavy (non-hydrogen) atoms. The van der Waals surface area contributed by atoms with Gasteiger partial charge < -0.3 is 5.73 Å². The Morgan fingerprint density at radius 2 is 2.23 bits per heavy atom. The van der Waals surface area contributed by atoms with Crippen molar-refractivity contribution in [1.29, 1.82) is 0 Å². The van der Waals surface area contributed by atoms with Gasteiger partial charge in [-0.3, -0.25) is 0 Å². The topological polar surface area (TPSA) is 26.0 Å². The van der Waals surface area contributed by atoms with Crippen LogP contribution in [0.15, 0.2) is 23.6 Å². The minimum Gasteiger partial charge on any atom is -0.330 e. The SMILES string of the molecule is NCCc1cc(F)cc2sccc12. The molecule has 0 saturated carbocycles. The lowest BCUT2D eigenvalue weighted by molar-refractivity contribution is 0.628. The fourth-order valence-corrected chi connectivity index (χ4v) is 2.33. The molecule has 0 fully saturated rings. The maximum atomic E-state index is 13.1. The maximum Gasteiger partial charge on any atom is 0.124 e. The summed E-state index contributed by atoms with van der Waals surface area (Å²) in [7, 11) is 0. The Bertz CT molecular complexity index is 422. The molecule has 1 heterocycles. The molecule has 0 aliphatic rings. The molecule has 0 radical (unpaired) electrons. The number of halogens is 1. The maximum absolute atomic E-state index is 13.1. The van der Waals surface area contributed by atoms with Crippen LogP contribution in [0.5, 0.6) is 0 Å². The lowest BCUT2D eigenvalue weighted by Gasteiger charge is -2.01. The van der Waals surface area contributed by atoms with Gasteiger partial charge >= 0.3 is 0 Å². The number of thiophene rings is 1. The second-order valence-electron chi connectivity index (χ2n) is 2.94. The molecule has 0 aliphatic heterocycles. The first kappa shape index (κ1) is 8.66. The van der Waals surface area contributed by atoms with Crippen molar-refractivity contribution in [2.75, 3.05) is 6.54 Å². The van der Waals surface area contributed by atoms with E-state index in [1.807, 2.05) is 11.4 Å².